The third kappa shape index (κ3) is 4.28. The van der Waals surface area contributed by atoms with Crippen molar-refractivity contribution in [3.05, 3.63) is 65.6 Å². The molecule has 0 radical (unpaired) electrons. The Morgan fingerprint density at radius 2 is 1.92 bits per heavy atom. The van der Waals surface area contributed by atoms with Crippen LogP contribution in [0.3, 0.4) is 0 Å². The van der Waals surface area contributed by atoms with Gasteiger partial charge in [0, 0.05) is 17.4 Å². The molecule has 2 N–H and O–H groups in total. The van der Waals surface area contributed by atoms with Gasteiger partial charge in [0.25, 0.3) is 5.91 Å². The van der Waals surface area contributed by atoms with Crippen LogP contribution in [0.25, 0.3) is 10.9 Å². The Hall–Kier alpha value is -3.03. The lowest BCUT2D eigenvalue weighted by Gasteiger charge is -2.10. The van der Waals surface area contributed by atoms with Gasteiger partial charge in [0.05, 0.1) is 0 Å². The monoisotopic (exact) mass is 352 g/mol. The van der Waals surface area contributed by atoms with Crippen molar-refractivity contribution < 1.29 is 27.1 Å². The highest BCUT2D eigenvalue weighted by molar-refractivity contribution is 5.97. The molecule has 0 aliphatic carbocycles. The number of fused-ring (bicyclic) bond motifs is 1. The summed E-state index contributed by atoms with van der Waals surface area (Å²) in [6.07, 6.45) is -4.78. The maximum atomic E-state index is 13.2. The van der Waals surface area contributed by atoms with E-state index in [0.717, 1.165) is 0 Å². The molecule has 0 bridgehead atoms. The third-order valence-corrected chi connectivity index (χ3v) is 3.41. The molecule has 0 saturated heterocycles. The van der Waals surface area contributed by atoms with Gasteiger partial charge in [0.2, 0.25) is 0 Å². The molecule has 25 heavy (non-hydrogen) atoms. The van der Waals surface area contributed by atoms with E-state index in [2.05, 4.69) is 15.0 Å². The lowest BCUT2D eigenvalue weighted by atomic mass is 10.2. The Balaban J connectivity index is 1.68. The molecule has 2 aromatic carbocycles. The van der Waals surface area contributed by atoms with Gasteiger partial charge in [-0.05, 0) is 42.0 Å². The quantitative estimate of drug-likeness (QED) is 0.694. The zero-order valence-corrected chi connectivity index (χ0v) is 12.7. The zero-order valence-electron chi connectivity index (χ0n) is 12.7. The van der Waals surface area contributed by atoms with Crippen LogP contribution in [0.15, 0.2) is 48.5 Å². The number of rotatable bonds is 4. The zero-order chi connectivity index (χ0) is 18.0. The first-order chi connectivity index (χ1) is 11.8. The van der Waals surface area contributed by atoms with Crippen molar-refractivity contribution >= 4 is 16.8 Å². The summed E-state index contributed by atoms with van der Waals surface area (Å²) in [7, 11) is 0. The molecule has 1 amide bonds. The second-order valence-corrected chi connectivity index (χ2v) is 5.29. The van der Waals surface area contributed by atoms with Gasteiger partial charge in [-0.2, -0.15) is 0 Å². The Labute approximate surface area is 139 Å². The summed E-state index contributed by atoms with van der Waals surface area (Å²) in [6.45, 7) is 0.0115. The van der Waals surface area contributed by atoms with Crippen molar-refractivity contribution in [1.82, 2.24) is 10.3 Å². The van der Waals surface area contributed by atoms with Gasteiger partial charge in [0.15, 0.2) is 0 Å². The molecule has 4 nitrogen and oxygen atoms in total. The van der Waals surface area contributed by atoms with Gasteiger partial charge < -0.3 is 15.0 Å². The molecule has 0 spiro atoms. The number of alkyl halides is 3. The molecule has 1 aromatic heterocycles. The average molecular weight is 352 g/mol. The van der Waals surface area contributed by atoms with Crippen LogP contribution in [0.1, 0.15) is 16.1 Å². The summed E-state index contributed by atoms with van der Waals surface area (Å²) in [4.78, 5) is 15.0. The molecule has 0 unspecified atom stereocenters. The number of carbonyl (C=O) groups excluding carboxylic acids is 1. The van der Waals surface area contributed by atoms with Crippen molar-refractivity contribution in [2.45, 2.75) is 12.9 Å². The Morgan fingerprint density at radius 3 is 2.68 bits per heavy atom. The molecule has 0 fully saturated rings. The minimum atomic E-state index is -4.78. The van der Waals surface area contributed by atoms with E-state index in [-0.39, 0.29) is 18.0 Å². The number of benzene rings is 2. The van der Waals surface area contributed by atoms with Gasteiger partial charge in [-0.3, -0.25) is 4.79 Å². The van der Waals surface area contributed by atoms with Crippen LogP contribution in [0.5, 0.6) is 5.75 Å². The highest BCUT2D eigenvalue weighted by atomic mass is 19.4. The molecule has 8 heteroatoms. The average Bonchev–Trinajstić information content (AvgIpc) is 2.94. The standard InChI is InChI=1S/C17H12F4N2O2/c18-12-4-5-14-11(7-12)8-15(23-14)16(24)22-9-10-2-1-3-13(6-10)25-17(19,20)21/h1-8,23H,9H2,(H,22,24). The normalized spacial score (nSPS) is 11.5. The number of aromatic amines is 1. The molecule has 0 saturated carbocycles. The van der Waals surface area contributed by atoms with E-state index in [9.17, 15) is 22.4 Å². The minimum absolute atomic E-state index is 0.0115. The van der Waals surface area contributed by atoms with E-state index in [0.29, 0.717) is 16.5 Å². The Morgan fingerprint density at radius 1 is 1.12 bits per heavy atom. The van der Waals surface area contributed by atoms with Gasteiger partial charge in [0.1, 0.15) is 17.3 Å². The summed E-state index contributed by atoms with van der Waals surface area (Å²) in [6, 6.07) is 10.9. The fraction of sp³-hybridized carbons (Fsp3) is 0.118. The van der Waals surface area contributed by atoms with Crippen molar-refractivity contribution in [1.29, 1.82) is 0 Å². The van der Waals surface area contributed by atoms with Gasteiger partial charge in [-0.25, -0.2) is 4.39 Å². The number of carbonyl (C=O) groups is 1. The number of halogens is 4. The van der Waals surface area contributed by atoms with E-state index in [1.165, 1.54) is 42.5 Å². The highest BCUT2D eigenvalue weighted by Gasteiger charge is 2.31. The number of hydrogen-bond donors (Lipinski definition) is 2. The smallest absolute Gasteiger partial charge is 0.406 e. The molecule has 0 atom stereocenters. The summed E-state index contributed by atoms with van der Waals surface area (Å²) in [5.74, 6) is -1.24. The largest absolute Gasteiger partial charge is 0.573 e. The van der Waals surface area contributed by atoms with Crippen molar-refractivity contribution in [3.63, 3.8) is 0 Å². The van der Waals surface area contributed by atoms with Crippen LogP contribution in [-0.4, -0.2) is 17.3 Å². The van der Waals surface area contributed by atoms with Gasteiger partial charge in [-0.15, -0.1) is 13.2 Å². The van der Waals surface area contributed by atoms with E-state index in [1.807, 2.05) is 0 Å². The van der Waals surface area contributed by atoms with E-state index in [1.54, 1.807) is 6.07 Å². The highest BCUT2D eigenvalue weighted by Crippen LogP contribution is 2.23. The van der Waals surface area contributed by atoms with E-state index < -0.39 is 18.1 Å². The molecule has 0 aliphatic rings. The van der Waals surface area contributed by atoms with Gasteiger partial charge >= 0.3 is 6.36 Å². The van der Waals surface area contributed by atoms with Crippen LogP contribution in [-0.2, 0) is 6.54 Å². The van der Waals surface area contributed by atoms with Crippen molar-refractivity contribution in [2.24, 2.45) is 0 Å². The summed E-state index contributed by atoms with van der Waals surface area (Å²) >= 11 is 0. The molecule has 3 aromatic rings. The molecular formula is C17H12F4N2O2. The predicted molar refractivity (Wildman–Crippen MR) is 82.6 cm³/mol. The molecular weight excluding hydrogens is 340 g/mol. The lowest BCUT2D eigenvalue weighted by molar-refractivity contribution is -0.274. The Kier molecular flexibility index (Phi) is 4.35. The molecule has 1 heterocycles. The fourth-order valence-corrected chi connectivity index (χ4v) is 2.36. The maximum absolute atomic E-state index is 13.2. The summed E-state index contributed by atoms with van der Waals surface area (Å²) in [5.41, 5.74) is 1.27. The SMILES string of the molecule is O=C(NCc1cccc(OC(F)(F)F)c1)c1cc2cc(F)ccc2[nH]1. The second kappa shape index (κ2) is 6.46. The summed E-state index contributed by atoms with van der Waals surface area (Å²) < 4.78 is 53.6. The second-order valence-electron chi connectivity index (χ2n) is 5.29. The van der Waals surface area contributed by atoms with Crippen molar-refractivity contribution in [2.75, 3.05) is 0 Å². The van der Waals surface area contributed by atoms with Crippen LogP contribution in [0.2, 0.25) is 0 Å². The first-order valence-corrected chi connectivity index (χ1v) is 7.21. The van der Waals surface area contributed by atoms with Crippen LogP contribution in [0, 0.1) is 5.82 Å². The van der Waals surface area contributed by atoms with Crippen LogP contribution in [0.4, 0.5) is 17.6 Å². The first-order valence-electron chi connectivity index (χ1n) is 7.21. The molecule has 0 aliphatic heterocycles. The lowest BCUT2D eigenvalue weighted by Crippen LogP contribution is -2.23. The number of ether oxygens (including phenoxy) is 1. The topological polar surface area (TPSA) is 54.1 Å². The van der Waals surface area contributed by atoms with Crippen LogP contribution < -0.4 is 10.1 Å². The number of H-pyrrole nitrogens is 1. The number of hydrogen-bond acceptors (Lipinski definition) is 2. The first kappa shape index (κ1) is 16.8. The summed E-state index contributed by atoms with van der Waals surface area (Å²) in [5, 5.41) is 3.13. The van der Waals surface area contributed by atoms with Crippen molar-refractivity contribution in [3.8, 4) is 5.75 Å². The molecule has 130 valence electrons. The van der Waals surface area contributed by atoms with Crippen LogP contribution >= 0.6 is 0 Å². The fourth-order valence-electron chi connectivity index (χ4n) is 2.36. The number of amides is 1. The minimum Gasteiger partial charge on any atom is -0.406 e. The van der Waals surface area contributed by atoms with E-state index in [4.69, 9.17) is 0 Å². The molecule has 3 rings (SSSR count). The number of nitrogens with one attached hydrogen (secondary N) is 2. The predicted octanol–water partition coefficient (Wildman–Crippen LogP) is 4.14. The van der Waals surface area contributed by atoms with E-state index >= 15 is 0 Å². The number of aromatic nitrogens is 1. The Bertz CT molecular complexity index is 918. The van der Waals surface area contributed by atoms with Gasteiger partial charge in [-0.1, -0.05) is 12.1 Å². The maximum Gasteiger partial charge on any atom is 0.573 e. The third-order valence-electron chi connectivity index (χ3n) is 3.41.